The van der Waals surface area contributed by atoms with E-state index in [-0.39, 0.29) is 36.3 Å². The Hall–Kier alpha value is -1.13. The van der Waals surface area contributed by atoms with Crippen molar-refractivity contribution in [3.8, 4) is 0 Å². The van der Waals surface area contributed by atoms with Crippen LogP contribution in [0.25, 0.3) is 0 Å². The summed E-state index contributed by atoms with van der Waals surface area (Å²) in [5.41, 5.74) is -0.567. The smallest absolute Gasteiger partial charge is 0.191 e. The standard InChI is InChI=1S/C18H23BrFN3O2.HI/c1-3-21-17(23-12-18(2,24)16-5-4-10-25-16)22-9-8-13-11-14(19)6-7-15(13)20;/h4-7,10-11,24H,3,8-9,12H2,1-2H3,(H2,21,22,23);1H. The van der Waals surface area contributed by atoms with Crippen LogP contribution in [0.5, 0.6) is 0 Å². The lowest BCUT2D eigenvalue weighted by Crippen LogP contribution is -2.39. The zero-order chi connectivity index (χ0) is 18.3. The van der Waals surface area contributed by atoms with Crippen molar-refractivity contribution in [2.75, 3.05) is 19.6 Å². The minimum atomic E-state index is -1.19. The topological polar surface area (TPSA) is 69.8 Å². The SMILES string of the molecule is CCNC(=NCC(C)(O)c1ccco1)NCCc1cc(Br)ccc1F.I. The van der Waals surface area contributed by atoms with Crippen molar-refractivity contribution < 1.29 is 13.9 Å². The lowest BCUT2D eigenvalue weighted by molar-refractivity contribution is 0.0437. The van der Waals surface area contributed by atoms with Gasteiger partial charge in [0, 0.05) is 17.6 Å². The molecule has 0 saturated heterocycles. The van der Waals surface area contributed by atoms with Crippen LogP contribution in [0.2, 0.25) is 0 Å². The van der Waals surface area contributed by atoms with Crippen LogP contribution in [-0.4, -0.2) is 30.7 Å². The van der Waals surface area contributed by atoms with Gasteiger partial charge in [0.2, 0.25) is 0 Å². The number of hydrogen-bond acceptors (Lipinski definition) is 3. The van der Waals surface area contributed by atoms with E-state index in [0.717, 1.165) is 4.47 Å². The van der Waals surface area contributed by atoms with Crippen LogP contribution in [0.1, 0.15) is 25.2 Å². The van der Waals surface area contributed by atoms with E-state index < -0.39 is 5.60 Å². The summed E-state index contributed by atoms with van der Waals surface area (Å²) in [5.74, 6) is 0.792. The molecule has 1 aromatic carbocycles. The van der Waals surface area contributed by atoms with Gasteiger partial charge in [-0.15, -0.1) is 24.0 Å². The van der Waals surface area contributed by atoms with Crippen LogP contribution in [0, 0.1) is 5.82 Å². The number of hydrogen-bond donors (Lipinski definition) is 3. The van der Waals surface area contributed by atoms with Gasteiger partial charge in [-0.2, -0.15) is 0 Å². The molecule has 0 aliphatic heterocycles. The summed E-state index contributed by atoms with van der Waals surface area (Å²) in [7, 11) is 0. The van der Waals surface area contributed by atoms with Gasteiger partial charge in [-0.05, 0) is 56.2 Å². The molecule has 0 fully saturated rings. The first-order chi connectivity index (χ1) is 11.9. The number of guanidine groups is 1. The first-order valence-electron chi connectivity index (χ1n) is 8.15. The van der Waals surface area contributed by atoms with Crippen LogP contribution in [0.4, 0.5) is 4.39 Å². The lowest BCUT2D eigenvalue weighted by atomic mass is 10.0. The molecule has 1 heterocycles. The Bertz CT molecular complexity index is 708. The van der Waals surface area contributed by atoms with Gasteiger partial charge in [0.05, 0.1) is 12.8 Å². The first-order valence-corrected chi connectivity index (χ1v) is 8.94. The molecule has 5 nitrogen and oxygen atoms in total. The monoisotopic (exact) mass is 539 g/mol. The van der Waals surface area contributed by atoms with Crippen molar-refractivity contribution >= 4 is 45.9 Å². The van der Waals surface area contributed by atoms with Gasteiger partial charge in [-0.1, -0.05) is 15.9 Å². The Balaban J connectivity index is 0.00000338. The van der Waals surface area contributed by atoms with Crippen LogP contribution >= 0.6 is 39.9 Å². The number of benzene rings is 1. The van der Waals surface area contributed by atoms with E-state index in [2.05, 4.69) is 31.6 Å². The van der Waals surface area contributed by atoms with Gasteiger partial charge < -0.3 is 20.2 Å². The van der Waals surface area contributed by atoms with Crippen LogP contribution in [-0.2, 0) is 12.0 Å². The summed E-state index contributed by atoms with van der Waals surface area (Å²) >= 11 is 3.35. The molecule has 1 atom stereocenters. The summed E-state index contributed by atoms with van der Waals surface area (Å²) in [6, 6.07) is 8.33. The van der Waals surface area contributed by atoms with Gasteiger partial charge in [0.25, 0.3) is 0 Å². The molecule has 1 aromatic heterocycles. The zero-order valence-electron chi connectivity index (χ0n) is 14.8. The highest BCUT2D eigenvalue weighted by Gasteiger charge is 2.26. The summed E-state index contributed by atoms with van der Waals surface area (Å²) in [5, 5.41) is 16.7. The normalized spacial score (nSPS) is 13.7. The molecule has 0 saturated carbocycles. The number of nitrogens with one attached hydrogen (secondary N) is 2. The molecule has 8 heteroatoms. The van der Waals surface area contributed by atoms with Crippen LogP contribution in [0.3, 0.4) is 0 Å². The maximum atomic E-state index is 13.8. The summed E-state index contributed by atoms with van der Waals surface area (Å²) < 4.78 is 19.9. The molecule has 0 aliphatic carbocycles. The molecular weight excluding hydrogens is 516 g/mol. The molecule has 2 aromatic rings. The van der Waals surface area contributed by atoms with E-state index in [1.807, 2.05) is 6.92 Å². The second kappa shape index (κ2) is 10.9. The van der Waals surface area contributed by atoms with Crippen molar-refractivity contribution in [2.24, 2.45) is 4.99 Å². The quantitative estimate of drug-likeness (QED) is 0.284. The Kier molecular flexibility index (Phi) is 9.59. The van der Waals surface area contributed by atoms with E-state index in [0.29, 0.717) is 36.8 Å². The van der Waals surface area contributed by atoms with Crippen LogP contribution in [0.15, 0.2) is 50.5 Å². The van der Waals surface area contributed by atoms with Crippen molar-refractivity contribution in [3.05, 3.63) is 58.2 Å². The average Bonchev–Trinajstić information content (AvgIpc) is 3.11. The number of nitrogens with zero attached hydrogens (tertiary/aromatic N) is 1. The fourth-order valence-corrected chi connectivity index (χ4v) is 2.70. The van der Waals surface area contributed by atoms with E-state index in [1.54, 1.807) is 31.2 Å². The molecule has 3 N–H and O–H groups in total. The molecule has 0 amide bonds. The molecule has 0 radical (unpaired) electrons. The predicted octanol–water partition coefficient (Wildman–Crippen LogP) is 3.80. The molecule has 2 rings (SSSR count). The Labute approximate surface area is 178 Å². The highest BCUT2D eigenvalue weighted by Crippen LogP contribution is 2.21. The van der Waals surface area contributed by atoms with Crippen molar-refractivity contribution in [2.45, 2.75) is 25.9 Å². The maximum absolute atomic E-state index is 13.8. The van der Waals surface area contributed by atoms with Crippen molar-refractivity contribution in [3.63, 3.8) is 0 Å². The highest BCUT2D eigenvalue weighted by molar-refractivity contribution is 14.0. The van der Waals surface area contributed by atoms with Gasteiger partial charge in [0.1, 0.15) is 17.2 Å². The average molecular weight is 540 g/mol. The van der Waals surface area contributed by atoms with Gasteiger partial charge >= 0.3 is 0 Å². The highest BCUT2D eigenvalue weighted by atomic mass is 127. The predicted molar refractivity (Wildman–Crippen MR) is 115 cm³/mol. The second-order valence-corrected chi connectivity index (χ2v) is 6.77. The summed E-state index contributed by atoms with van der Waals surface area (Å²) in [6.07, 6.45) is 2.04. The molecule has 0 bridgehead atoms. The number of rotatable bonds is 7. The largest absolute Gasteiger partial charge is 0.466 e. The van der Waals surface area contributed by atoms with Gasteiger partial charge in [-0.3, -0.25) is 0 Å². The van der Waals surface area contributed by atoms with Gasteiger partial charge in [0.15, 0.2) is 5.96 Å². The number of halogens is 3. The number of furan rings is 1. The molecule has 1 unspecified atom stereocenters. The minimum absolute atomic E-state index is 0. The van der Waals surface area contributed by atoms with Crippen LogP contribution < -0.4 is 10.6 Å². The Morgan fingerprint density at radius 3 is 2.77 bits per heavy atom. The summed E-state index contributed by atoms with van der Waals surface area (Å²) in [4.78, 5) is 4.39. The fourth-order valence-electron chi connectivity index (χ4n) is 2.29. The van der Waals surface area contributed by atoms with E-state index in [4.69, 9.17) is 4.42 Å². The third-order valence-corrected chi connectivity index (χ3v) is 4.13. The molecule has 26 heavy (non-hydrogen) atoms. The van der Waals surface area contributed by atoms with Crippen molar-refractivity contribution in [1.82, 2.24) is 10.6 Å². The van der Waals surface area contributed by atoms with E-state index in [1.165, 1.54) is 12.3 Å². The molecule has 144 valence electrons. The second-order valence-electron chi connectivity index (χ2n) is 5.86. The lowest BCUT2D eigenvalue weighted by Gasteiger charge is -2.19. The third kappa shape index (κ3) is 6.88. The molecule has 0 spiro atoms. The maximum Gasteiger partial charge on any atom is 0.191 e. The van der Waals surface area contributed by atoms with Crippen molar-refractivity contribution in [1.29, 1.82) is 0 Å². The van der Waals surface area contributed by atoms with Gasteiger partial charge in [-0.25, -0.2) is 9.38 Å². The summed E-state index contributed by atoms with van der Waals surface area (Å²) in [6.45, 7) is 4.94. The molecule has 0 aliphatic rings. The zero-order valence-corrected chi connectivity index (χ0v) is 18.7. The Morgan fingerprint density at radius 2 is 2.12 bits per heavy atom. The number of aliphatic imine (C=N–C) groups is 1. The number of aliphatic hydroxyl groups is 1. The third-order valence-electron chi connectivity index (χ3n) is 3.64. The molecular formula is C18H24BrFIN3O2. The first kappa shape index (κ1) is 22.9. The van der Waals surface area contributed by atoms with E-state index in [9.17, 15) is 9.50 Å². The minimum Gasteiger partial charge on any atom is -0.466 e. The van der Waals surface area contributed by atoms with E-state index >= 15 is 0 Å². The fraction of sp³-hybridized carbons (Fsp3) is 0.389. The Morgan fingerprint density at radius 1 is 1.35 bits per heavy atom.